The van der Waals surface area contributed by atoms with Gasteiger partial charge in [0.05, 0.1) is 24.1 Å². The molecule has 2 aliphatic rings. The third-order valence-corrected chi connectivity index (χ3v) is 7.46. The van der Waals surface area contributed by atoms with E-state index in [1.807, 2.05) is 61.3 Å². The molecule has 1 fully saturated rings. The van der Waals surface area contributed by atoms with Gasteiger partial charge in [-0.05, 0) is 67.5 Å². The Morgan fingerprint density at radius 2 is 1.89 bits per heavy atom. The third-order valence-electron chi connectivity index (χ3n) is 7.46. The summed E-state index contributed by atoms with van der Waals surface area (Å²) < 4.78 is 1.79. The number of anilines is 3. The zero-order valence-electron chi connectivity index (χ0n) is 21.9. The zero-order valence-corrected chi connectivity index (χ0v) is 23.9. The first-order valence-corrected chi connectivity index (χ1v) is 12.6. The molecule has 0 saturated carbocycles. The fourth-order valence-electron chi connectivity index (χ4n) is 5.17. The predicted octanol–water partition coefficient (Wildman–Crippen LogP) is 3.42. The van der Waals surface area contributed by atoms with Gasteiger partial charge in [-0.25, -0.2) is 0 Å². The van der Waals surface area contributed by atoms with Crippen molar-refractivity contribution in [3.8, 4) is 0 Å². The summed E-state index contributed by atoms with van der Waals surface area (Å²) in [7, 11) is 1.88. The van der Waals surface area contributed by atoms with E-state index in [0.29, 0.717) is 30.9 Å². The summed E-state index contributed by atoms with van der Waals surface area (Å²) in [6.45, 7) is 4.08. The Labute approximate surface area is 239 Å². The van der Waals surface area contributed by atoms with Crippen LogP contribution in [0, 0.1) is 12.8 Å². The number of amides is 2. The molecule has 0 bridgehead atoms. The van der Waals surface area contributed by atoms with Crippen molar-refractivity contribution in [1.82, 2.24) is 14.7 Å². The molecule has 3 aromatic rings. The number of hydrogen-bond donors (Lipinski definition) is 2. The fraction of sp³-hybridized carbons (Fsp3) is 0.393. The summed E-state index contributed by atoms with van der Waals surface area (Å²) >= 11 is 0. The standard InChI is InChI=1S/C28H33N5O3.Na/c1-19-15-22(8-7-21(19)9-10-26(35)32-13-11-20(18-34)12-14-32)28(36)33-17-23-16-29-31(2)27(23)30-24-5-3-4-6-25(24)33;/h3-8,15-16,20,30,34H,9-14,17-18H2,1-2H3;. The summed E-state index contributed by atoms with van der Waals surface area (Å²) in [4.78, 5) is 30.1. The van der Waals surface area contributed by atoms with Gasteiger partial charge in [-0.2, -0.15) is 5.10 Å². The van der Waals surface area contributed by atoms with E-state index in [-0.39, 0.29) is 48.0 Å². The van der Waals surface area contributed by atoms with Crippen LogP contribution in [0.2, 0.25) is 0 Å². The average Bonchev–Trinajstić information content (AvgIpc) is 3.15. The van der Waals surface area contributed by atoms with Crippen LogP contribution in [0.1, 0.15) is 46.3 Å². The summed E-state index contributed by atoms with van der Waals surface area (Å²) in [5, 5.41) is 17.1. The monoisotopic (exact) mass is 510 g/mol. The molecule has 1 radical (unpaired) electrons. The summed E-state index contributed by atoms with van der Waals surface area (Å²) in [6.07, 6.45) is 4.63. The van der Waals surface area contributed by atoms with Crippen molar-refractivity contribution in [2.45, 2.75) is 39.2 Å². The predicted molar refractivity (Wildman–Crippen MR) is 145 cm³/mol. The molecule has 0 aliphatic carbocycles. The number of piperidine rings is 1. The van der Waals surface area contributed by atoms with Crippen LogP contribution in [0.15, 0.2) is 48.7 Å². The maximum Gasteiger partial charge on any atom is 0.258 e. The number of aromatic nitrogens is 2. The molecule has 0 spiro atoms. The number of likely N-dealkylation sites (tertiary alicyclic amines) is 1. The molecule has 37 heavy (non-hydrogen) atoms. The number of hydrogen-bond acceptors (Lipinski definition) is 5. The molecular formula is C28H33N5NaO3. The van der Waals surface area contributed by atoms with Crippen molar-refractivity contribution in [2.75, 3.05) is 29.9 Å². The number of benzene rings is 2. The van der Waals surface area contributed by atoms with Crippen LogP contribution >= 0.6 is 0 Å². The Balaban J connectivity index is 0.00000320. The zero-order chi connectivity index (χ0) is 25.2. The Bertz CT molecular complexity index is 1280. The van der Waals surface area contributed by atoms with Gasteiger partial charge in [0.2, 0.25) is 5.91 Å². The second-order valence-corrected chi connectivity index (χ2v) is 9.82. The van der Waals surface area contributed by atoms with E-state index in [2.05, 4.69) is 10.4 Å². The van der Waals surface area contributed by atoms with E-state index in [9.17, 15) is 14.7 Å². The second-order valence-electron chi connectivity index (χ2n) is 9.82. The maximum atomic E-state index is 13.7. The van der Waals surface area contributed by atoms with Crippen LogP contribution in [0.4, 0.5) is 17.2 Å². The molecule has 189 valence electrons. The van der Waals surface area contributed by atoms with Crippen LogP contribution in [-0.2, 0) is 24.8 Å². The van der Waals surface area contributed by atoms with E-state index < -0.39 is 0 Å². The minimum absolute atomic E-state index is 0. The molecular weight excluding hydrogens is 477 g/mol. The van der Waals surface area contributed by atoms with Gasteiger partial charge >= 0.3 is 0 Å². The molecule has 2 aliphatic heterocycles. The molecule has 1 saturated heterocycles. The largest absolute Gasteiger partial charge is 0.396 e. The Kier molecular flexibility index (Phi) is 8.75. The van der Waals surface area contributed by atoms with Crippen LogP contribution in [0.5, 0.6) is 0 Å². The number of nitrogens with zero attached hydrogens (tertiary/aromatic N) is 4. The average molecular weight is 511 g/mol. The number of fused-ring (bicyclic) bond motifs is 2. The topological polar surface area (TPSA) is 90.7 Å². The SMILES string of the molecule is Cc1cc(C(=O)N2Cc3cnn(C)c3Nc3ccccc32)ccc1CCC(=O)N1CCC(CO)CC1.[Na]. The van der Waals surface area contributed by atoms with Crippen molar-refractivity contribution in [2.24, 2.45) is 13.0 Å². The molecule has 3 heterocycles. The number of aryl methyl sites for hydroxylation is 3. The van der Waals surface area contributed by atoms with Gasteiger partial charge in [-0.15, -0.1) is 0 Å². The number of rotatable bonds is 5. The molecule has 0 atom stereocenters. The van der Waals surface area contributed by atoms with Crippen molar-refractivity contribution >= 4 is 58.6 Å². The Morgan fingerprint density at radius 3 is 2.62 bits per heavy atom. The van der Waals surface area contributed by atoms with E-state index in [0.717, 1.165) is 59.8 Å². The molecule has 8 nitrogen and oxygen atoms in total. The number of aliphatic hydroxyl groups is 1. The normalized spacial score (nSPS) is 15.2. The molecule has 0 unspecified atom stereocenters. The first-order valence-electron chi connectivity index (χ1n) is 12.6. The fourth-order valence-corrected chi connectivity index (χ4v) is 5.17. The minimum Gasteiger partial charge on any atom is -0.396 e. The van der Waals surface area contributed by atoms with Gasteiger partial charge in [-0.1, -0.05) is 18.2 Å². The summed E-state index contributed by atoms with van der Waals surface area (Å²) in [6, 6.07) is 13.6. The van der Waals surface area contributed by atoms with Gasteiger partial charge in [-0.3, -0.25) is 14.3 Å². The first kappa shape index (κ1) is 27.4. The number of para-hydroxylation sites is 2. The summed E-state index contributed by atoms with van der Waals surface area (Å²) in [5.74, 6) is 1.29. The quantitative estimate of drug-likeness (QED) is 0.514. The van der Waals surface area contributed by atoms with Gasteiger partial charge < -0.3 is 20.2 Å². The first-order chi connectivity index (χ1) is 17.4. The van der Waals surface area contributed by atoms with Crippen LogP contribution in [0.3, 0.4) is 0 Å². The van der Waals surface area contributed by atoms with E-state index in [4.69, 9.17) is 0 Å². The summed E-state index contributed by atoms with van der Waals surface area (Å²) in [5.41, 5.74) is 5.36. The van der Waals surface area contributed by atoms with Gasteiger partial charge in [0.15, 0.2) is 0 Å². The number of carbonyl (C=O) groups excluding carboxylic acids is 2. The maximum absolute atomic E-state index is 13.7. The van der Waals surface area contributed by atoms with E-state index in [1.54, 1.807) is 15.8 Å². The van der Waals surface area contributed by atoms with Gasteiger partial charge in [0, 0.05) is 73.8 Å². The Hall–Kier alpha value is -2.65. The molecule has 2 N–H and O–H groups in total. The van der Waals surface area contributed by atoms with Crippen LogP contribution in [0.25, 0.3) is 0 Å². The van der Waals surface area contributed by atoms with Crippen molar-refractivity contribution in [3.05, 3.63) is 70.9 Å². The smallest absolute Gasteiger partial charge is 0.258 e. The molecule has 9 heteroatoms. The number of aliphatic hydroxyl groups excluding tert-OH is 1. The van der Waals surface area contributed by atoms with E-state index in [1.165, 1.54) is 0 Å². The van der Waals surface area contributed by atoms with Gasteiger partial charge in [0.25, 0.3) is 5.91 Å². The van der Waals surface area contributed by atoms with Crippen LogP contribution in [-0.4, -0.2) is 80.9 Å². The number of carbonyl (C=O) groups is 2. The molecule has 2 aromatic carbocycles. The molecule has 2 amide bonds. The molecule has 1 aromatic heterocycles. The number of nitrogens with one attached hydrogen (secondary N) is 1. The van der Waals surface area contributed by atoms with Crippen molar-refractivity contribution < 1.29 is 14.7 Å². The molecule has 5 rings (SSSR count). The van der Waals surface area contributed by atoms with Crippen molar-refractivity contribution in [3.63, 3.8) is 0 Å². The third kappa shape index (κ3) is 5.77. The minimum atomic E-state index is -0.0709. The van der Waals surface area contributed by atoms with Crippen LogP contribution < -0.4 is 10.2 Å². The Morgan fingerprint density at radius 1 is 1.14 bits per heavy atom. The van der Waals surface area contributed by atoms with Crippen molar-refractivity contribution in [1.29, 1.82) is 0 Å². The van der Waals surface area contributed by atoms with E-state index >= 15 is 0 Å². The second kappa shape index (κ2) is 11.8. The van der Waals surface area contributed by atoms with Gasteiger partial charge in [0.1, 0.15) is 5.82 Å².